The van der Waals surface area contributed by atoms with Crippen molar-refractivity contribution < 1.29 is 9.47 Å². The average molecular weight is 483 g/mol. The second kappa shape index (κ2) is 17.4. The smallest absolute Gasteiger partial charge is 0.0758 e. The van der Waals surface area contributed by atoms with Gasteiger partial charge in [0.15, 0.2) is 0 Å². The minimum atomic E-state index is -0.123. The van der Waals surface area contributed by atoms with E-state index >= 15 is 0 Å². The minimum Gasteiger partial charge on any atom is -0.374 e. The van der Waals surface area contributed by atoms with Crippen LogP contribution in [-0.4, -0.2) is 23.9 Å². The van der Waals surface area contributed by atoms with E-state index in [4.69, 9.17) is 9.47 Å². The quantitative estimate of drug-likeness (QED) is 0.153. The Hall–Kier alpha value is -0.0800. The summed E-state index contributed by atoms with van der Waals surface area (Å²) in [6.45, 7) is 26.6. The fourth-order valence-electron chi connectivity index (χ4n) is 6.61. The van der Waals surface area contributed by atoms with Crippen molar-refractivity contribution in [3.8, 4) is 0 Å². The summed E-state index contributed by atoms with van der Waals surface area (Å²) in [5.41, 5.74) is -0.0701. The predicted molar refractivity (Wildman–Crippen MR) is 153 cm³/mol. The molecule has 0 aliphatic carbocycles. The van der Waals surface area contributed by atoms with Crippen molar-refractivity contribution in [2.75, 3.05) is 6.61 Å². The third kappa shape index (κ3) is 9.10. The molecule has 2 nitrogen and oxygen atoms in total. The molecule has 2 atom stereocenters. The van der Waals surface area contributed by atoms with Crippen LogP contribution in [0.1, 0.15) is 166 Å². The highest BCUT2D eigenvalue weighted by Gasteiger charge is 2.50. The highest BCUT2D eigenvalue weighted by molar-refractivity contribution is 4.99. The lowest BCUT2D eigenvalue weighted by Crippen LogP contribution is -2.54. The molecule has 2 unspecified atom stereocenters. The van der Waals surface area contributed by atoms with Gasteiger partial charge >= 0.3 is 0 Å². The molecule has 0 N–H and O–H groups in total. The summed E-state index contributed by atoms with van der Waals surface area (Å²) in [6, 6.07) is 0. The Balaban J connectivity index is 5.87. The Morgan fingerprint density at radius 1 is 0.647 bits per heavy atom. The maximum atomic E-state index is 7.13. The van der Waals surface area contributed by atoms with E-state index in [1.807, 2.05) is 0 Å². The van der Waals surface area contributed by atoms with Crippen molar-refractivity contribution in [2.24, 2.45) is 17.3 Å². The van der Waals surface area contributed by atoms with Crippen LogP contribution in [0.25, 0.3) is 0 Å². The van der Waals surface area contributed by atoms with Crippen LogP contribution in [0.5, 0.6) is 0 Å². The SMILES string of the molecule is CCCCC(CC)CC(CC)(CC)OCC(CC)(CC)C(CC)(CC)OC(C)CC(CC)CC. The van der Waals surface area contributed by atoms with Gasteiger partial charge in [-0.25, -0.2) is 0 Å². The maximum absolute atomic E-state index is 7.13. The Labute approximate surface area is 216 Å². The molecule has 0 rings (SSSR count). The Morgan fingerprint density at radius 3 is 1.56 bits per heavy atom. The molecule has 0 spiro atoms. The third-order valence-corrected chi connectivity index (χ3v) is 9.86. The molecule has 0 heterocycles. The summed E-state index contributed by atoms with van der Waals surface area (Å²) < 4.78 is 14.2. The van der Waals surface area contributed by atoms with Gasteiger partial charge in [0, 0.05) is 5.41 Å². The van der Waals surface area contributed by atoms with Crippen molar-refractivity contribution in [3.05, 3.63) is 0 Å². The van der Waals surface area contributed by atoms with E-state index in [2.05, 4.69) is 76.2 Å². The molecular weight excluding hydrogens is 416 g/mol. The molecule has 0 aromatic heterocycles. The molecule has 0 aromatic carbocycles. The minimum absolute atomic E-state index is 0.00162. The van der Waals surface area contributed by atoms with Crippen LogP contribution in [0.3, 0.4) is 0 Å². The van der Waals surface area contributed by atoms with Crippen molar-refractivity contribution >= 4 is 0 Å². The standard InChI is InChI=1S/C32H66O2/c1-12-22-23-29(15-4)25-31(18-7,19-8)33-26-30(16-5,17-6)32(20-9,21-10)34-27(11)24-28(13-2)14-3/h27-29H,12-26H2,1-11H3. The van der Waals surface area contributed by atoms with Gasteiger partial charge in [-0.1, -0.05) is 108 Å². The molecule has 34 heavy (non-hydrogen) atoms. The van der Waals surface area contributed by atoms with E-state index in [9.17, 15) is 0 Å². The number of hydrogen-bond donors (Lipinski definition) is 0. The zero-order chi connectivity index (χ0) is 26.3. The fourth-order valence-corrected chi connectivity index (χ4v) is 6.61. The van der Waals surface area contributed by atoms with E-state index < -0.39 is 0 Å². The van der Waals surface area contributed by atoms with Crippen LogP contribution >= 0.6 is 0 Å². The van der Waals surface area contributed by atoms with Crippen LogP contribution in [0.15, 0.2) is 0 Å². The van der Waals surface area contributed by atoms with Crippen molar-refractivity contribution in [1.29, 1.82) is 0 Å². The van der Waals surface area contributed by atoms with E-state index in [0.29, 0.717) is 6.10 Å². The highest BCUT2D eigenvalue weighted by Crippen LogP contribution is 2.48. The summed E-state index contributed by atoms with van der Waals surface area (Å²) in [4.78, 5) is 0. The van der Waals surface area contributed by atoms with Gasteiger partial charge in [-0.15, -0.1) is 0 Å². The fraction of sp³-hybridized carbons (Fsp3) is 1.00. The monoisotopic (exact) mass is 483 g/mol. The molecular formula is C32H66O2. The first-order chi connectivity index (χ1) is 16.2. The highest BCUT2D eigenvalue weighted by atomic mass is 16.5. The summed E-state index contributed by atoms with van der Waals surface area (Å²) in [6.07, 6.45) is 16.9. The zero-order valence-electron chi connectivity index (χ0n) is 25.7. The number of unbranched alkanes of at least 4 members (excludes halogenated alkanes) is 1. The van der Waals surface area contributed by atoms with Crippen LogP contribution in [0.2, 0.25) is 0 Å². The van der Waals surface area contributed by atoms with Crippen molar-refractivity contribution in [3.63, 3.8) is 0 Å². The van der Waals surface area contributed by atoms with Gasteiger partial charge in [0.2, 0.25) is 0 Å². The van der Waals surface area contributed by atoms with Gasteiger partial charge in [0.1, 0.15) is 0 Å². The van der Waals surface area contributed by atoms with Crippen LogP contribution in [-0.2, 0) is 9.47 Å². The van der Waals surface area contributed by atoms with Gasteiger partial charge in [0.05, 0.1) is 23.9 Å². The van der Waals surface area contributed by atoms with Crippen LogP contribution in [0.4, 0.5) is 0 Å². The molecule has 0 saturated heterocycles. The second-order valence-corrected chi connectivity index (χ2v) is 11.3. The molecule has 0 aromatic rings. The summed E-state index contributed by atoms with van der Waals surface area (Å²) in [5.74, 6) is 1.54. The van der Waals surface area contributed by atoms with E-state index in [1.165, 1.54) is 51.4 Å². The van der Waals surface area contributed by atoms with Gasteiger partial charge in [-0.3, -0.25) is 0 Å². The normalized spacial score (nSPS) is 15.2. The lowest BCUT2D eigenvalue weighted by atomic mass is 9.65. The van der Waals surface area contributed by atoms with Gasteiger partial charge < -0.3 is 9.47 Å². The number of hydrogen-bond acceptors (Lipinski definition) is 2. The molecule has 2 heteroatoms. The van der Waals surface area contributed by atoms with Gasteiger partial charge in [0.25, 0.3) is 0 Å². The molecule has 0 saturated carbocycles. The lowest BCUT2D eigenvalue weighted by molar-refractivity contribution is -0.213. The first kappa shape index (κ1) is 33.9. The lowest BCUT2D eigenvalue weighted by Gasteiger charge is -2.52. The second-order valence-electron chi connectivity index (χ2n) is 11.3. The average Bonchev–Trinajstić information content (AvgIpc) is 2.88. The summed E-state index contributed by atoms with van der Waals surface area (Å²) >= 11 is 0. The van der Waals surface area contributed by atoms with E-state index in [-0.39, 0.29) is 16.6 Å². The summed E-state index contributed by atoms with van der Waals surface area (Å²) in [7, 11) is 0. The summed E-state index contributed by atoms with van der Waals surface area (Å²) in [5, 5.41) is 0. The maximum Gasteiger partial charge on any atom is 0.0758 e. The molecule has 0 amide bonds. The van der Waals surface area contributed by atoms with E-state index in [0.717, 1.165) is 57.0 Å². The van der Waals surface area contributed by atoms with Crippen molar-refractivity contribution in [2.45, 2.75) is 183 Å². The van der Waals surface area contributed by atoms with Crippen LogP contribution < -0.4 is 0 Å². The molecule has 206 valence electrons. The Kier molecular flexibility index (Phi) is 17.3. The Bertz CT molecular complexity index is 469. The Morgan fingerprint density at radius 2 is 1.18 bits per heavy atom. The van der Waals surface area contributed by atoms with Gasteiger partial charge in [-0.05, 0) is 70.1 Å². The first-order valence-corrected chi connectivity index (χ1v) is 15.5. The van der Waals surface area contributed by atoms with Crippen LogP contribution in [0, 0.1) is 17.3 Å². The molecule has 0 fully saturated rings. The number of ether oxygens (including phenoxy) is 2. The molecule has 0 aliphatic heterocycles. The topological polar surface area (TPSA) is 18.5 Å². The first-order valence-electron chi connectivity index (χ1n) is 15.5. The van der Waals surface area contributed by atoms with Gasteiger partial charge in [-0.2, -0.15) is 0 Å². The molecule has 0 bridgehead atoms. The molecule has 0 radical (unpaired) electrons. The van der Waals surface area contributed by atoms with E-state index in [1.54, 1.807) is 0 Å². The predicted octanol–water partition coefficient (Wildman–Crippen LogP) is 10.8. The zero-order valence-corrected chi connectivity index (χ0v) is 25.7. The number of rotatable bonds is 22. The largest absolute Gasteiger partial charge is 0.374 e. The molecule has 0 aliphatic rings. The third-order valence-electron chi connectivity index (χ3n) is 9.86. The van der Waals surface area contributed by atoms with Crippen molar-refractivity contribution in [1.82, 2.24) is 0 Å².